The Kier molecular flexibility index (Phi) is 4.67. The van der Waals surface area contributed by atoms with Crippen molar-refractivity contribution in [1.82, 2.24) is 15.0 Å². The Bertz CT molecular complexity index is 1000. The van der Waals surface area contributed by atoms with Crippen LogP contribution >= 0.6 is 11.6 Å². The highest BCUT2D eigenvalue weighted by molar-refractivity contribution is 6.31. The van der Waals surface area contributed by atoms with E-state index in [0.717, 1.165) is 5.39 Å². The van der Waals surface area contributed by atoms with Crippen LogP contribution in [0.1, 0.15) is 29.0 Å². The minimum Gasteiger partial charge on any atom is -0.464 e. The topological polar surface area (TPSA) is 97.0 Å². The van der Waals surface area contributed by atoms with Gasteiger partial charge in [-0.15, -0.1) is 0 Å². The van der Waals surface area contributed by atoms with Crippen molar-refractivity contribution in [2.75, 3.05) is 12.4 Å². The summed E-state index contributed by atoms with van der Waals surface area (Å²) in [5.41, 5.74) is 1.11. The quantitative estimate of drug-likeness (QED) is 0.696. The fourth-order valence-corrected chi connectivity index (χ4v) is 2.61. The van der Waals surface area contributed by atoms with Gasteiger partial charge in [0, 0.05) is 27.7 Å². The third kappa shape index (κ3) is 3.61. The second kappa shape index (κ2) is 6.90. The number of hydrogen-bond donors (Lipinski definition) is 2. The van der Waals surface area contributed by atoms with Crippen LogP contribution in [0.3, 0.4) is 0 Å². The Hall–Kier alpha value is -2.93. The largest absolute Gasteiger partial charge is 0.464 e. The highest BCUT2D eigenvalue weighted by Gasteiger charge is 2.14. The molecule has 2 aromatic heterocycles. The molecule has 0 fully saturated rings. The molecule has 8 heteroatoms. The Morgan fingerprint density at radius 2 is 2.12 bits per heavy atom. The molecule has 0 saturated heterocycles. The monoisotopic (exact) mass is 358 g/mol. The molecule has 0 spiro atoms. The third-order valence-corrected chi connectivity index (χ3v) is 3.93. The van der Waals surface area contributed by atoms with Crippen LogP contribution in [0.5, 0.6) is 0 Å². The zero-order chi connectivity index (χ0) is 18.0. The van der Waals surface area contributed by atoms with Crippen LogP contribution in [0.2, 0.25) is 5.02 Å². The van der Waals surface area contributed by atoms with Crippen molar-refractivity contribution in [3.63, 3.8) is 0 Å². The zero-order valence-electron chi connectivity index (χ0n) is 13.5. The molecule has 3 aromatic rings. The number of hydrogen-bond acceptors (Lipinski definition) is 6. The lowest BCUT2D eigenvalue weighted by Gasteiger charge is -2.14. The number of ether oxygens (including phenoxy) is 1. The molecule has 7 nitrogen and oxygen atoms in total. The molecule has 128 valence electrons. The number of esters is 1. The number of anilines is 1. The molecular formula is C17H15ClN4O3. The maximum Gasteiger partial charge on any atom is 0.356 e. The van der Waals surface area contributed by atoms with Crippen LogP contribution in [0.15, 0.2) is 41.3 Å². The van der Waals surface area contributed by atoms with Crippen LogP contribution in [-0.2, 0) is 4.74 Å². The molecule has 0 aliphatic rings. The average Bonchev–Trinajstić information content (AvgIpc) is 2.61. The van der Waals surface area contributed by atoms with Gasteiger partial charge in [0.05, 0.1) is 13.2 Å². The molecule has 0 bridgehead atoms. The highest BCUT2D eigenvalue weighted by Crippen LogP contribution is 2.21. The van der Waals surface area contributed by atoms with E-state index in [4.69, 9.17) is 11.6 Å². The molecule has 0 aliphatic carbocycles. The van der Waals surface area contributed by atoms with Gasteiger partial charge in [0.2, 0.25) is 5.95 Å². The normalized spacial score (nSPS) is 12.0. The Morgan fingerprint density at radius 3 is 2.88 bits per heavy atom. The first kappa shape index (κ1) is 16.9. The number of methoxy groups -OCH3 is 1. The fourth-order valence-electron chi connectivity index (χ4n) is 2.43. The molecule has 25 heavy (non-hydrogen) atoms. The molecule has 3 rings (SSSR count). The smallest absolute Gasteiger partial charge is 0.356 e. The van der Waals surface area contributed by atoms with E-state index in [1.807, 2.05) is 0 Å². The second-order valence-corrected chi connectivity index (χ2v) is 5.84. The standard InChI is InChI=1S/C17H15ClN4O3/c1-9(20-17-19-6-5-14(22-17)16(24)25-2)12-8-10-7-11(18)3-4-13(10)21-15(12)23/h3-9H,1-2H3,(H,21,23)(H,19,20,22)/t9-/m0/s1. The predicted octanol–water partition coefficient (Wildman–Crippen LogP) is 2.93. The zero-order valence-corrected chi connectivity index (χ0v) is 14.3. The van der Waals surface area contributed by atoms with Gasteiger partial charge >= 0.3 is 5.97 Å². The van der Waals surface area contributed by atoms with E-state index < -0.39 is 5.97 Å². The molecule has 0 amide bonds. The number of nitrogens with one attached hydrogen (secondary N) is 2. The summed E-state index contributed by atoms with van der Waals surface area (Å²) in [5, 5.41) is 4.42. The predicted molar refractivity (Wildman–Crippen MR) is 95.0 cm³/mol. The van der Waals surface area contributed by atoms with Gasteiger partial charge in [-0.05, 0) is 37.3 Å². The average molecular weight is 359 g/mol. The molecule has 0 unspecified atom stereocenters. The summed E-state index contributed by atoms with van der Waals surface area (Å²) >= 11 is 6.01. The lowest BCUT2D eigenvalue weighted by Crippen LogP contribution is -2.20. The number of pyridine rings is 1. The SMILES string of the molecule is COC(=O)c1ccnc(N[C@@H](C)c2cc3cc(Cl)ccc3[nH]c2=O)n1. The van der Waals surface area contributed by atoms with Gasteiger partial charge in [-0.25, -0.2) is 14.8 Å². The number of aromatic nitrogens is 3. The van der Waals surface area contributed by atoms with E-state index in [2.05, 4.69) is 25.0 Å². The van der Waals surface area contributed by atoms with Gasteiger partial charge in [-0.2, -0.15) is 0 Å². The second-order valence-electron chi connectivity index (χ2n) is 5.41. The number of benzene rings is 1. The molecule has 1 aromatic carbocycles. The fraction of sp³-hybridized carbons (Fsp3) is 0.176. The van der Waals surface area contributed by atoms with Crippen LogP contribution in [0.4, 0.5) is 5.95 Å². The van der Waals surface area contributed by atoms with Gasteiger partial charge in [-0.3, -0.25) is 4.79 Å². The van der Waals surface area contributed by atoms with E-state index in [9.17, 15) is 9.59 Å². The summed E-state index contributed by atoms with van der Waals surface area (Å²) in [4.78, 5) is 34.8. The van der Waals surface area contributed by atoms with Crippen LogP contribution < -0.4 is 10.9 Å². The number of aromatic amines is 1. The van der Waals surface area contributed by atoms with E-state index in [-0.39, 0.29) is 23.2 Å². The van der Waals surface area contributed by atoms with Crippen LogP contribution in [0, 0.1) is 0 Å². The lowest BCUT2D eigenvalue weighted by molar-refractivity contribution is 0.0594. The van der Waals surface area contributed by atoms with E-state index >= 15 is 0 Å². The first-order valence-electron chi connectivity index (χ1n) is 7.48. The maximum absolute atomic E-state index is 12.3. The number of rotatable bonds is 4. The molecule has 0 saturated carbocycles. The Balaban J connectivity index is 1.92. The Labute approximate surface area is 148 Å². The van der Waals surface area contributed by atoms with Gasteiger partial charge in [0.25, 0.3) is 5.56 Å². The summed E-state index contributed by atoms with van der Waals surface area (Å²) < 4.78 is 4.63. The molecule has 0 aliphatic heterocycles. The summed E-state index contributed by atoms with van der Waals surface area (Å²) in [6, 6.07) is 8.07. The maximum atomic E-state index is 12.3. The van der Waals surface area contributed by atoms with Crippen molar-refractivity contribution in [3.8, 4) is 0 Å². The van der Waals surface area contributed by atoms with Crippen molar-refractivity contribution in [2.45, 2.75) is 13.0 Å². The molecule has 2 heterocycles. The van der Waals surface area contributed by atoms with Crippen molar-refractivity contribution >= 4 is 34.4 Å². The lowest BCUT2D eigenvalue weighted by atomic mass is 10.1. The number of nitrogens with zero attached hydrogens (tertiary/aromatic N) is 2. The van der Waals surface area contributed by atoms with Crippen molar-refractivity contribution in [1.29, 1.82) is 0 Å². The summed E-state index contributed by atoms with van der Waals surface area (Å²) in [5.74, 6) is -0.336. The van der Waals surface area contributed by atoms with E-state index in [1.165, 1.54) is 19.4 Å². The molecule has 1 atom stereocenters. The van der Waals surface area contributed by atoms with Crippen molar-refractivity contribution < 1.29 is 9.53 Å². The van der Waals surface area contributed by atoms with Gasteiger partial charge in [0.1, 0.15) is 0 Å². The van der Waals surface area contributed by atoms with Gasteiger partial charge in [-0.1, -0.05) is 11.6 Å². The summed E-state index contributed by atoms with van der Waals surface area (Å²) in [7, 11) is 1.28. The number of carbonyl (C=O) groups excluding carboxylic acids is 1. The van der Waals surface area contributed by atoms with Crippen molar-refractivity contribution in [2.24, 2.45) is 0 Å². The van der Waals surface area contributed by atoms with Crippen LogP contribution in [-0.4, -0.2) is 28.0 Å². The van der Waals surface area contributed by atoms with Crippen molar-refractivity contribution in [3.05, 3.63) is 63.2 Å². The number of H-pyrrole nitrogens is 1. The summed E-state index contributed by atoms with van der Waals surface area (Å²) in [6.07, 6.45) is 1.44. The summed E-state index contributed by atoms with van der Waals surface area (Å²) in [6.45, 7) is 1.80. The van der Waals surface area contributed by atoms with E-state index in [0.29, 0.717) is 16.1 Å². The minimum absolute atomic E-state index is 0.131. The van der Waals surface area contributed by atoms with E-state index in [1.54, 1.807) is 31.2 Å². The number of fused-ring (bicyclic) bond motifs is 1. The minimum atomic E-state index is -0.559. The first-order chi connectivity index (χ1) is 12.0. The first-order valence-corrected chi connectivity index (χ1v) is 7.86. The third-order valence-electron chi connectivity index (χ3n) is 3.70. The molecule has 0 radical (unpaired) electrons. The highest BCUT2D eigenvalue weighted by atomic mass is 35.5. The van der Waals surface area contributed by atoms with Crippen LogP contribution in [0.25, 0.3) is 10.9 Å². The number of halogens is 1. The Morgan fingerprint density at radius 1 is 1.32 bits per heavy atom. The van der Waals surface area contributed by atoms with Gasteiger partial charge in [0.15, 0.2) is 5.69 Å². The molecular weight excluding hydrogens is 344 g/mol. The number of carbonyl (C=O) groups is 1. The van der Waals surface area contributed by atoms with Gasteiger partial charge < -0.3 is 15.0 Å². The molecule has 2 N–H and O–H groups in total.